The molecule has 212 valence electrons. The number of benzene rings is 1. The predicted molar refractivity (Wildman–Crippen MR) is 150 cm³/mol. The van der Waals surface area contributed by atoms with Gasteiger partial charge in [0, 0.05) is 23.0 Å². The number of hydrogen-bond donors (Lipinski definition) is 3. The van der Waals surface area contributed by atoms with E-state index in [1.165, 1.54) is 10.5 Å². The van der Waals surface area contributed by atoms with E-state index in [1.807, 2.05) is 26.0 Å². The van der Waals surface area contributed by atoms with Crippen LogP contribution in [0.2, 0.25) is 0 Å². The third-order valence-electron chi connectivity index (χ3n) is 8.86. The van der Waals surface area contributed by atoms with E-state index in [-0.39, 0.29) is 41.7 Å². The van der Waals surface area contributed by atoms with E-state index < -0.39 is 24.0 Å². The summed E-state index contributed by atoms with van der Waals surface area (Å²) in [4.78, 5) is 26.3. The Balaban J connectivity index is 1.73. The Labute approximate surface area is 231 Å². The monoisotopic (exact) mass is 537 g/mol. The van der Waals surface area contributed by atoms with Gasteiger partial charge in [0.2, 0.25) is 5.91 Å². The largest absolute Gasteiger partial charge is 0.507 e. The SMILES string of the molecule is C=C(C)[C@@H]1CCC(C)=C[C@H]1c1c(O)cc(CCCCC)cc1OCC1=C(C(=O)O)N2C(=O)[C@H]([C@@H](C)O)C2[C@H]1C. The second kappa shape index (κ2) is 11.6. The van der Waals surface area contributed by atoms with Crippen molar-refractivity contribution >= 4 is 11.9 Å². The number of carbonyl (C=O) groups excluding carboxylic acids is 1. The van der Waals surface area contributed by atoms with Crippen LogP contribution in [0.4, 0.5) is 0 Å². The maximum atomic E-state index is 12.8. The van der Waals surface area contributed by atoms with Gasteiger partial charge in [0.15, 0.2) is 0 Å². The van der Waals surface area contributed by atoms with Crippen molar-refractivity contribution < 1.29 is 29.6 Å². The van der Waals surface area contributed by atoms with Crippen LogP contribution in [0.15, 0.2) is 47.2 Å². The Morgan fingerprint density at radius 1 is 1.28 bits per heavy atom. The van der Waals surface area contributed by atoms with Crippen LogP contribution in [0.5, 0.6) is 11.5 Å². The van der Waals surface area contributed by atoms with E-state index in [0.717, 1.165) is 49.7 Å². The molecular weight excluding hydrogens is 494 g/mol. The maximum absolute atomic E-state index is 12.8. The fraction of sp³-hybridized carbons (Fsp3) is 0.562. The van der Waals surface area contributed by atoms with E-state index in [0.29, 0.717) is 16.9 Å². The molecule has 39 heavy (non-hydrogen) atoms. The van der Waals surface area contributed by atoms with Gasteiger partial charge in [0.05, 0.1) is 18.1 Å². The van der Waals surface area contributed by atoms with Crippen LogP contribution in [0.3, 0.4) is 0 Å². The number of carboxylic acids is 1. The molecule has 1 unspecified atom stereocenters. The summed E-state index contributed by atoms with van der Waals surface area (Å²) in [5, 5.41) is 31.5. The van der Waals surface area contributed by atoms with Crippen LogP contribution >= 0.6 is 0 Å². The summed E-state index contributed by atoms with van der Waals surface area (Å²) in [5.74, 6) is -1.67. The molecule has 3 N–H and O–H groups in total. The number of carbonyl (C=O) groups is 2. The molecule has 4 rings (SSSR count). The molecule has 7 nitrogen and oxygen atoms in total. The number of ether oxygens (including phenoxy) is 1. The number of phenolic OH excluding ortho intramolecular Hbond substituents is 1. The first-order chi connectivity index (χ1) is 18.5. The van der Waals surface area contributed by atoms with Crippen LogP contribution in [-0.4, -0.2) is 50.8 Å². The Morgan fingerprint density at radius 3 is 2.62 bits per heavy atom. The van der Waals surface area contributed by atoms with E-state index in [9.17, 15) is 24.9 Å². The number of carboxylic acid groups (broad SMARTS) is 1. The number of β-lactam (4-membered cyclic amide) rings is 1. The average Bonchev–Trinajstić information content (AvgIpc) is 3.10. The highest BCUT2D eigenvalue weighted by Gasteiger charge is 2.59. The maximum Gasteiger partial charge on any atom is 0.352 e. The normalized spacial score (nSPS) is 27.1. The molecule has 1 aliphatic carbocycles. The van der Waals surface area contributed by atoms with Gasteiger partial charge >= 0.3 is 5.97 Å². The van der Waals surface area contributed by atoms with Crippen molar-refractivity contribution in [3.05, 3.63) is 58.3 Å². The van der Waals surface area contributed by atoms with Gasteiger partial charge in [-0.1, -0.05) is 50.5 Å². The standard InChI is InChI=1S/C32H43NO6/c1-7-8-9-10-21-14-25(35)28(23-13-18(4)11-12-22(23)17(2)3)26(15-21)39-16-24-19(5)29-27(20(6)34)31(36)33(29)30(24)32(37)38/h13-15,19-20,22-23,27,29,34-35H,2,7-12,16H2,1,3-6H3,(H,37,38)/t19-,20+,22-,23+,27+,29?/m0/s1. The van der Waals surface area contributed by atoms with Crippen molar-refractivity contribution in [1.82, 2.24) is 4.90 Å². The topological polar surface area (TPSA) is 107 Å². The minimum Gasteiger partial charge on any atom is -0.507 e. The molecule has 0 saturated carbocycles. The highest BCUT2D eigenvalue weighted by Crippen LogP contribution is 2.49. The number of unbranched alkanes of at least 4 members (excludes halogenated alkanes) is 2. The summed E-state index contributed by atoms with van der Waals surface area (Å²) in [6.45, 7) is 13.9. The summed E-state index contributed by atoms with van der Waals surface area (Å²) in [6.07, 6.45) is 7.22. The van der Waals surface area contributed by atoms with Gasteiger partial charge < -0.3 is 25.0 Å². The van der Waals surface area contributed by atoms with Gasteiger partial charge in [-0.15, -0.1) is 0 Å². The van der Waals surface area contributed by atoms with Crippen LogP contribution in [0.1, 0.15) is 83.8 Å². The van der Waals surface area contributed by atoms with E-state index >= 15 is 0 Å². The Bertz CT molecular complexity index is 1210. The molecule has 6 atom stereocenters. The van der Waals surface area contributed by atoms with E-state index in [4.69, 9.17) is 4.74 Å². The summed E-state index contributed by atoms with van der Waals surface area (Å²) >= 11 is 0. The highest BCUT2D eigenvalue weighted by molar-refractivity contribution is 6.00. The van der Waals surface area contributed by atoms with Gasteiger partial charge in [0.1, 0.15) is 23.8 Å². The first-order valence-electron chi connectivity index (χ1n) is 14.3. The van der Waals surface area contributed by atoms with E-state index in [2.05, 4.69) is 26.5 Å². The summed E-state index contributed by atoms with van der Waals surface area (Å²) in [5.41, 5.74) is 4.45. The Kier molecular flexibility index (Phi) is 8.60. The predicted octanol–water partition coefficient (Wildman–Crippen LogP) is 5.72. The smallest absolute Gasteiger partial charge is 0.352 e. The summed E-state index contributed by atoms with van der Waals surface area (Å²) < 4.78 is 6.43. The second-order valence-corrected chi connectivity index (χ2v) is 11.7. The molecule has 0 bridgehead atoms. The number of aliphatic hydroxyl groups excluding tert-OH is 1. The number of phenols is 1. The molecule has 0 radical (unpaired) electrons. The molecule has 2 heterocycles. The molecule has 1 aromatic rings. The van der Waals surface area contributed by atoms with Gasteiger partial charge in [0.25, 0.3) is 0 Å². The summed E-state index contributed by atoms with van der Waals surface area (Å²) in [7, 11) is 0. The van der Waals surface area contributed by atoms with Crippen LogP contribution in [0, 0.1) is 17.8 Å². The molecule has 1 saturated heterocycles. The first-order valence-corrected chi connectivity index (χ1v) is 14.3. The quantitative estimate of drug-likeness (QED) is 0.189. The molecule has 7 heteroatoms. The number of aromatic hydroxyl groups is 1. The Hall–Kier alpha value is -3.06. The minimum atomic E-state index is -1.18. The lowest BCUT2D eigenvalue weighted by Crippen LogP contribution is -2.63. The molecular formula is C32H43NO6. The molecule has 3 aliphatic rings. The minimum absolute atomic E-state index is 0.0202. The molecule has 1 fully saturated rings. The molecule has 1 aromatic carbocycles. The number of rotatable bonds is 11. The Morgan fingerprint density at radius 2 is 2.00 bits per heavy atom. The van der Waals surface area contributed by atoms with Gasteiger partial charge in [-0.3, -0.25) is 4.79 Å². The van der Waals surface area contributed by atoms with Crippen molar-refractivity contribution in [3.63, 3.8) is 0 Å². The number of allylic oxidation sites excluding steroid dienone is 3. The van der Waals surface area contributed by atoms with Crippen LogP contribution in [-0.2, 0) is 16.0 Å². The number of aliphatic carboxylic acids is 1. The van der Waals surface area contributed by atoms with Crippen molar-refractivity contribution in [2.75, 3.05) is 6.61 Å². The van der Waals surface area contributed by atoms with Crippen LogP contribution < -0.4 is 4.74 Å². The molecule has 2 aliphatic heterocycles. The van der Waals surface area contributed by atoms with Crippen LogP contribution in [0.25, 0.3) is 0 Å². The van der Waals surface area contributed by atoms with Gasteiger partial charge in [-0.05, 0) is 70.1 Å². The average molecular weight is 538 g/mol. The number of aryl methyl sites for hydroxylation is 1. The fourth-order valence-corrected chi connectivity index (χ4v) is 6.74. The number of nitrogens with zero attached hydrogens (tertiary/aromatic N) is 1. The molecule has 0 spiro atoms. The van der Waals surface area contributed by atoms with Crippen molar-refractivity contribution in [3.8, 4) is 11.5 Å². The fourth-order valence-electron chi connectivity index (χ4n) is 6.74. The van der Waals surface area contributed by atoms with Gasteiger partial charge in [-0.2, -0.15) is 0 Å². The number of hydrogen-bond acceptors (Lipinski definition) is 5. The number of fused-ring (bicyclic) bond motifs is 1. The van der Waals surface area contributed by atoms with Crippen molar-refractivity contribution in [2.24, 2.45) is 17.8 Å². The number of amides is 1. The third kappa shape index (κ3) is 5.38. The van der Waals surface area contributed by atoms with Gasteiger partial charge in [-0.25, -0.2) is 4.79 Å². The molecule has 1 amide bonds. The van der Waals surface area contributed by atoms with E-state index in [1.54, 1.807) is 6.92 Å². The summed E-state index contributed by atoms with van der Waals surface area (Å²) in [6, 6.07) is 3.42. The zero-order valence-electron chi connectivity index (χ0n) is 23.9. The first kappa shape index (κ1) is 28.9. The highest BCUT2D eigenvalue weighted by atomic mass is 16.5. The number of aliphatic hydroxyl groups is 1. The van der Waals surface area contributed by atoms with Crippen molar-refractivity contribution in [2.45, 2.75) is 91.2 Å². The lowest BCUT2D eigenvalue weighted by molar-refractivity contribution is -0.163. The zero-order chi connectivity index (χ0) is 28.6. The third-order valence-corrected chi connectivity index (χ3v) is 8.86. The molecule has 0 aromatic heterocycles. The second-order valence-electron chi connectivity index (χ2n) is 11.7. The zero-order valence-corrected chi connectivity index (χ0v) is 23.9. The lowest BCUT2D eigenvalue weighted by atomic mass is 9.73. The van der Waals surface area contributed by atoms with Crippen molar-refractivity contribution in [1.29, 1.82) is 0 Å². The lowest BCUT2D eigenvalue weighted by Gasteiger charge is -2.46.